The van der Waals surface area contributed by atoms with E-state index in [0.717, 1.165) is 11.4 Å². The zero-order valence-corrected chi connectivity index (χ0v) is 19.1. The van der Waals surface area contributed by atoms with Gasteiger partial charge in [-0.25, -0.2) is 8.42 Å². The monoisotopic (exact) mass is 452 g/mol. The third-order valence-electron chi connectivity index (χ3n) is 4.79. The minimum absolute atomic E-state index is 0.0208. The van der Waals surface area contributed by atoms with E-state index in [1.165, 1.54) is 38.3 Å². The van der Waals surface area contributed by atoms with Gasteiger partial charge in [-0.05, 0) is 51.1 Å². The molecule has 1 N–H and O–H groups in total. The van der Waals surface area contributed by atoms with Crippen molar-refractivity contribution in [3.05, 3.63) is 47.3 Å². The van der Waals surface area contributed by atoms with Crippen LogP contribution in [0.25, 0.3) is 0 Å². The first-order valence-corrected chi connectivity index (χ1v) is 11.1. The fourth-order valence-electron chi connectivity index (χ4n) is 3.05. The molecular formula is C21H28N2O7S. The molecule has 0 radical (unpaired) electrons. The summed E-state index contributed by atoms with van der Waals surface area (Å²) in [6.07, 6.45) is 0. The first-order chi connectivity index (χ1) is 14.6. The van der Waals surface area contributed by atoms with E-state index in [1.54, 1.807) is 13.2 Å². The van der Waals surface area contributed by atoms with Gasteiger partial charge in [-0.15, -0.1) is 0 Å². The van der Waals surface area contributed by atoms with Crippen LogP contribution >= 0.6 is 0 Å². The number of esters is 1. The Hall–Kier alpha value is -2.69. The van der Waals surface area contributed by atoms with E-state index in [1.807, 2.05) is 18.4 Å². The van der Waals surface area contributed by atoms with Gasteiger partial charge >= 0.3 is 5.97 Å². The van der Waals surface area contributed by atoms with Crippen molar-refractivity contribution in [1.82, 2.24) is 9.29 Å². The summed E-state index contributed by atoms with van der Waals surface area (Å²) in [6.45, 7) is 5.66. The summed E-state index contributed by atoms with van der Waals surface area (Å²) >= 11 is 0. The number of nitrogens with zero attached hydrogens (tertiary/aromatic N) is 1. The van der Waals surface area contributed by atoms with Gasteiger partial charge in [0.25, 0.3) is 0 Å². The zero-order chi connectivity index (χ0) is 23.2. The lowest BCUT2D eigenvalue weighted by atomic mass is 10.1. The lowest BCUT2D eigenvalue weighted by Gasteiger charge is -2.14. The van der Waals surface area contributed by atoms with Gasteiger partial charge in [-0.3, -0.25) is 9.59 Å². The summed E-state index contributed by atoms with van der Waals surface area (Å²) in [7, 11) is -0.873. The van der Waals surface area contributed by atoms with Gasteiger partial charge < -0.3 is 18.8 Å². The second-order valence-electron chi connectivity index (χ2n) is 6.98. The molecule has 2 aromatic rings. The Kier molecular flexibility index (Phi) is 8.37. The van der Waals surface area contributed by atoms with Crippen LogP contribution in [0.15, 0.2) is 35.2 Å². The summed E-state index contributed by atoms with van der Waals surface area (Å²) in [5, 5.41) is 0. The molecule has 1 aromatic carbocycles. The van der Waals surface area contributed by atoms with E-state index in [4.69, 9.17) is 14.2 Å². The molecule has 1 heterocycles. The number of carbonyl (C=O) groups is 2. The number of nitrogens with one attached hydrogen (secondary N) is 1. The van der Waals surface area contributed by atoms with Crippen LogP contribution in [0.2, 0.25) is 0 Å². The van der Waals surface area contributed by atoms with Crippen LogP contribution in [0.5, 0.6) is 5.75 Å². The van der Waals surface area contributed by atoms with Gasteiger partial charge in [0, 0.05) is 30.6 Å². The highest BCUT2D eigenvalue weighted by molar-refractivity contribution is 7.89. The third kappa shape index (κ3) is 6.16. The van der Waals surface area contributed by atoms with E-state index in [9.17, 15) is 18.0 Å². The van der Waals surface area contributed by atoms with Gasteiger partial charge in [0.15, 0.2) is 6.61 Å². The highest BCUT2D eigenvalue weighted by Gasteiger charge is 2.24. The predicted octanol–water partition coefficient (Wildman–Crippen LogP) is 1.85. The number of ketones is 1. The van der Waals surface area contributed by atoms with E-state index in [-0.39, 0.29) is 10.7 Å². The maximum absolute atomic E-state index is 12.5. The van der Waals surface area contributed by atoms with E-state index in [2.05, 4.69) is 4.72 Å². The van der Waals surface area contributed by atoms with Gasteiger partial charge in [-0.2, -0.15) is 4.72 Å². The van der Waals surface area contributed by atoms with Crippen molar-refractivity contribution < 1.29 is 32.2 Å². The minimum Gasteiger partial charge on any atom is -0.497 e. The maximum atomic E-state index is 12.5. The molecule has 0 spiro atoms. The molecule has 0 saturated carbocycles. The topological polar surface area (TPSA) is 113 Å². The maximum Gasteiger partial charge on any atom is 0.324 e. The average Bonchev–Trinajstić information content (AvgIpc) is 3.03. The Bertz CT molecular complexity index is 1030. The molecule has 0 aliphatic rings. The largest absolute Gasteiger partial charge is 0.497 e. The fraction of sp³-hybridized carbons (Fsp3) is 0.429. The number of methoxy groups -OCH3 is 2. The fourth-order valence-corrected chi connectivity index (χ4v) is 4.25. The van der Waals surface area contributed by atoms with Crippen LogP contribution in [0.1, 0.15) is 28.7 Å². The number of aryl methyl sites for hydroxylation is 1. The lowest BCUT2D eigenvalue weighted by molar-refractivity contribution is -0.144. The normalized spacial score (nSPS) is 12.4. The van der Waals surface area contributed by atoms with Crippen molar-refractivity contribution in [2.45, 2.75) is 38.3 Å². The molecule has 1 atom stereocenters. The van der Waals surface area contributed by atoms with E-state index < -0.39 is 28.6 Å². The SMILES string of the molecule is COCCn1c(C)cc(C(=O)COC(=O)[C@H](C)NS(=O)(=O)c2ccc(OC)cc2)c1C. The molecule has 0 aliphatic carbocycles. The second-order valence-corrected chi connectivity index (χ2v) is 8.69. The zero-order valence-electron chi connectivity index (χ0n) is 18.3. The van der Waals surface area contributed by atoms with Crippen molar-refractivity contribution >= 4 is 21.8 Å². The van der Waals surface area contributed by atoms with Gasteiger partial charge in [-0.1, -0.05) is 0 Å². The Morgan fingerprint density at radius 2 is 1.77 bits per heavy atom. The number of sulfonamides is 1. The molecule has 0 amide bonds. The van der Waals surface area contributed by atoms with Crippen molar-refractivity contribution in [3.8, 4) is 5.75 Å². The Morgan fingerprint density at radius 1 is 1.13 bits per heavy atom. The number of ether oxygens (including phenoxy) is 3. The van der Waals surface area contributed by atoms with Crippen molar-refractivity contribution in [3.63, 3.8) is 0 Å². The molecule has 10 heteroatoms. The quantitative estimate of drug-likeness (QED) is 0.409. The summed E-state index contributed by atoms with van der Waals surface area (Å²) in [5.74, 6) is -0.708. The van der Waals surface area contributed by atoms with Crippen LogP contribution in [0.4, 0.5) is 0 Å². The van der Waals surface area contributed by atoms with E-state index >= 15 is 0 Å². The Morgan fingerprint density at radius 3 is 2.35 bits per heavy atom. The number of Topliss-reactive ketones (excluding diaryl/α,β-unsaturated/α-hetero) is 1. The predicted molar refractivity (Wildman–Crippen MR) is 114 cm³/mol. The second kappa shape index (κ2) is 10.6. The number of rotatable bonds is 11. The highest BCUT2D eigenvalue weighted by atomic mass is 32.2. The summed E-state index contributed by atoms with van der Waals surface area (Å²) in [6, 6.07) is 6.29. The minimum atomic E-state index is -3.94. The molecule has 0 bridgehead atoms. The van der Waals surface area contributed by atoms with E-state index in [0.29, 0.717) is 24.5 Å². The standard InChI is InChI=1S/C21H28N2O7S/c1-14-12-19(16(3)23(14)10-11-28-4)20(24)13-30-21(25)15(2)22-31(26,27)18-8-6-17(29-5)7-9-18/h6-9,12,15,22H,10-11,13H2,1-5H3/t15-/m0/s1. The van der Waals surface area contributed by atoms with Crippen LogP contribution in [0.3, 0.4) is 0 Å². The first-order valence-electron chi connectivity index (χ1n) is 9.62. The Balaban J connectivity index is 1.98. The lowest BCUT2D eigenvalue weighted by Crippen LogP contribution is -2.40. The summed E-state index contributed by atoms with van der Waals surface area (Å²) in [5.41, 5.74) is 2.10. The third-order valence-corrected chi connectivity index (χ3v) is 6.35. The van der Waals surface area contributed by atoms with Crippen LogP contribution in [-0.4, -0.2) is 58.2 Å². The molecule has 0 aliphatic heterocycles. The van der Waals surface area contributed by atoms with Gasteiger partial charge in [0.2, 0.25) is 15.8 Å². The average molecular weight is 453 g/mol. The molecule has 31 heavy (non-hydrogen) atoms. The number of benzene rings is 1. The van der Waals surface area contributed by atoms with Crippen molar-refractivity contribution in [2.24, 2.45) is 0 Å². The van der Waals surface area contributed by atoms with Gasteiger partial charge in [0.1, 0.15) is 11.8 Å². The molecule has 0 saturated heterocycles. The van der Waals surface area contributed by atoms with Crippen molar-refractivity contribution in [2.75, 3.05) is 27.4 Å². The highest BCUT2D eigenvalue weighted by Crippen LogP contribution is 2.17. The molecule has 9 nitrogen and oxygen atoms in total. The summed E-state index contributed by atoms with van der Waals surface area (Å²) < 4.78 is 44.2. The molecule has 1 aromatic heterocycles. The first kappa shape index (κ1) is 24.6. The van der Waals surface area contributed by atoms with Crippen LogP contribution < -0.4 is 9.46 Å². The number of aromatic nitrogens is 1. The number of hydrogen-bond acceptors (Lipinski definition) is 7. The number of carbonyl (C=O) groups excluding carboxylic acids is 2. The van der Waals surface area contributed by atoms with Crippen molar-refractivity contribution in [1.29, 1.82) is 0 Å². The van der Waals surface area contributed by atoms with Crippen LogP contribution in [-0.2, 0) is 30.8 Å². The van der Waals surface area contributed by atoms with Crippen LogP contribution in [0, 0.1) is 13.8 Å². The Labute approximate surface area is 182 Å². The molecule has 170 valence electrons. The molecule has 0 fully saturated rings. The summed E-state index contributed by atoms with van der Waals surface area (Å²) in [4.78, 5) is 24.7. The van der Waals surface area contributed by atoms with Gasteiger partial charge in [0.05, 0.1) is 18.6 Å². The number of hydrogen-bond donors (Lipinski definition) is 1. The molecule has 0 unspecified atom stereocenters. The molecular weight excluding hydrogens is 424 g/mol. The smallest absolute Gasteiger partial charge is 0.324 e. The molecule has 2 rings (SSSR count).